The molecule has 5 heterocycles. The van der Waals surface area contributed by atoms with Crippen molar-refractivity contribution in [3.8, 4) is 0 Å². The van der Waals surface area contributed by atoms with E-state index in [9.17, 15) is 9.90 Å². The lowest BCUT2D eigenvalue weighted by Crippen LogP contribution is -2.59. The van der Waals surface area contributed by atoms with Gasteiger partial charge in [0.1, 0.15) is 17.3 Å². The highest BCUT2D eigenvalue weighted by Gasteiger charge is 2.71. The average Bonchev–Trinajstić information content (AvgIpc) is 3.62. The molecule has 30 heavy (non-hydrogen) atoms. The topological polar surface area (TPSA) is 86.9 Å². The van der Waals surface area contributed by atoms with E-state index in [2.05, 4.69) is 37.1 Å². The molecule has 2 N–H and O–H groups in total. The van der Waals surface area contributed by atoms with E-state index in [-0.39, 0.29) is 23.7 Å². The van der Waals surface area contributed by atoms with Gasteiger partial charge in [-0.05, 0) is 71.9 Å². The molecule has 2 bridgehead atoms. The van der Waals surface area contributed by atoms with Gasteiger partial charge in [-0.1, -0.05) is 11.6 Å². The Kier molecular flexibility index (Phi) is 5.16. The Balaban J connectivity index is 1.22. The Bertz CT molecular complexity index is 710. The van der Waals surface area contributed by atoms with Crippen molar-refractivity contribution < 1.29 is 24.1 Å². The number of carbonyl (C=O) groups is 1. The first-order valence-corrected chi connectivity index (χ1v) is 11.6. The standard InChI is InChI=1S/C23H36N2O5/c1-14(2)4-5-18-22(3,30-18)20-19(26)17(6-9-23(20)13-28-23)29-21(27)24-16-12-25-10-7-15(16)8-11-25/h4,15-20,26H,5-13H2,1-3H3,(H,24,27)/t16?,17-,18-,19-,20-,22+,23+/m1/s1. The highest BCUT2D eigenvalue weighted by molar-refractivity contribution is 5.68. The van der Waals surface area contributed by atoms with Crippen LogP contribution in [0.5, 0.6) is 0 Å². The van der Waals surface area contributed by atoms with Crippen LogP contribution < -0.4 is 5.32 Å². The number of alkyl carbamates (subject to hydrolysis) is 1. The number of aliphatic hydroxyl groups excluding tert-OH is 1. The van der Waals surface area contributed by atoms with Gasteiger partial charge in [0.25, 0.3) is 0 Å². The van der Waals surface area contributed by atoms with Gasteiger partial charge >= 0.3 is 6.09 Å². The van der Waals surface area contributed by atoms with Crippen LogP contribution in [0.25, 0.3) is 0 Å². The predicted octanol–water partition coefficient (Wildman–Crippen LogP) is 2.23. The van der Waals surface area contributed by atoms with Crippen LogP contribution in [0.3, 0.4) is 0 Å². The van der Waals surface area contributed by atoms with E-state index in [1.165, 1.54) is 5.57 Å². The normalized spacial score (nSPS) is 48.9. The second kappa shape index (κ2) is 7.47. The first-order valence-electron chi connectivity index (χ1n) is 11.6. The highest BCUT2D eigenvalue weighted by Crippen LogP contribution is 2.59. The molecule has 6 aliphatic rings. The number of piperidine rings is 3. The average molecular weight is 421 g/mol. The van der Waals surface area contributed by atoms with Crippen molar-refractivity contribution in [3.63, 3.8) is 0 Å². The SMILES string of the molecule is CC(C)=CC[C@H]1O[C@]1(C)[C@H]1[C@H](O)[C@H](OC(=O)NC2CN3CCC2CC3)CC[C@]12CO2. The zero-order valence-corrected chi connectivity index (χ0v) is 18.4. The molecule has 5 saturated heterocycles. The summed E-state index contributed by atoms with van der Waals surface area (Å²) in [6.07, 6.45) is 5.10. The molecule has 6 rings (SSSR count). The molecule has 168 valence electrons. The molecule has 6 fully saturated rings. The van der Waals surface area contributed by atoms with Gasteiger partial charge in [0.2, 0.25) is 0 Å². The lowest BCUT2D eigenvalue weighted by molar-refractivity contribution is -0.102. The minimum absolute atomic E-state index is 0.0764. The number of fused-ring (bicyclic) bond motifs is 3. The number of rotatable bonds is 5. The van der Waals surface area contributed by atoms with E-state index in [1.807, 2.05) is 0 Å². The lowest BCUT2D eigenvalue weighted by Gasteiger charge is -2.45. The number of epoxide rings is 2. The molecule has 0 aromatic rings. The van der Waals surface area contributed by atoms with Crippen LogP contribution in [0, 0.1) is 11.8 Å². The second-order valence-corrected chi connectivity index (χ2v) is 10.5. The van der Waals surface area contributed by atoms with Crippen LogP contribution in [0.4, 0.5) is 4.79 Å². The van der Waals surface area contributed by atoms with Crippen LogP contribution in [0.15, 0.2) is 11.6 Å². The monoisotopic (exact) mass is 420 g/mol. The number of amides is 1. The summed E-state index contributed by atoms with van der Waals surface area (Å²) in [5.41, 5.74) is 0.510. The van der Waals surface area contributed by atoms with Gasteiger partial charge in [-0.25, -0.2) is 4.79 Å². The fourth-order valence-corrected chi connectivity index (χ4v) is 6.27. The summed E-state index contributed by atoms with van der Waals surface area (Å²) in [6.45, 7) is 10.1. The summed E-state index contributed by atoms with van der Waals surface area (Å²) in [6, 6.07) is 0.160. The number of carbonyl (C=O) groups excluding carboxylic acids is 1. The molecule has 1 spiro atoms. The quantitative estimate of drug-likeness (QED) is 0.524. The molecule has 1 saturated carbocycles. The summed E-state index contributed by atoms with van der Waals surface area (Å²) in [5, 5.41) is 14.3. The lowest BCUT2D eigenvalue weighted by atomic mass is 9.68. The highest BCUT2D eigenvalue weighted by atomic mass is 16.6. The molecule has 1 aliphatic carbocycles. The number of allylic oxidation sites excluding steroid dienone is 1. The maximum Gasteiger partial charge on any atom is 0.407 e. The zero-order valence-electron chi connectivity index (χ0n) is 18.4. The Labute approximate surface area is 179 Å². The maximum absolute atomic E-state index is 12.7. The van der Waals surface area contributed by atoms with Crippen molar-refractivity contribution in [2.45, 2.75) is 88.4 Å². The fourth-order valence-electron chi connectivity index (χ4n) is 6.27. The number of aliphatic hydroxyl groups is 1. The van der Waals surface area contributed by atoms with Crippen molar-refractivity contribution in [3.05, 3.63) is 11.6 Å². The van der Waals surface area contributed by atoms with Crippen molar-refractivity contribution in [1.29, 1.82) is 0 Å². The van der Waals surface area contributed by atoms with Crippen LogP contribution in [-0.4, -0.2) is 77.9 Å². The van der Waals surface area contributed by atoms with Crippen LogP contribution in [0.1, 0.15) is 52.9 Å². The van der Waals surface area contributed by atoms with Gasteiger partial charge < -0.3 is 29.5 Å². The summed E-state index contributed by atoms with van der Waals surface area (Å²) in [5.74, 6) is 0.369. The molecule has 0 aromatic heterocycles. The molecule has 7 nitrogen and oxygen atoms in total. The molecule has 7 atom stereocenters. The molecule has 5 aliphatic heterocycles. The van der Waals surface area contributed by atoms with Gasteiger partial charge in [0.05, 0.1) is 24.7 Å². The molecule has 0 radical (unpaired) electrons. The Morgan fingerprint density at radius 3 is 2.63 bits per heavy atom. The van der Waals surface area contributed by atoms with Crippen molar-refractivity contribution in [2.24, 2.45) is 11.8 Å². The van der Waals surface area contributed by atoms with E-state index in [1.54, 1.807) is 0 Å². The third-order valence-electron chi connectivity index (χ3n) is 8.21. The predicted molar refractivity (Wildman–Crippen MR) is 111 cm³/mol. The minimum atomic E-state index is -0.778. The van der Waals surface area contributed by atoms with Crippen LogP contribution in [-0.2, 0) is 14.2 Å². The summed E-state index contributed by atoms with van der Waals surface area (Å²) in [4.78, 5) is 15.1. The van der Waals surface area contributed by atoms with Crippen molar-refractivity contribution in [2.75, 3.05) is 26.2 Å². The zero-order chi connectivity index (χ0) is 21.1. The largest absolute Gasteiger partial charge is 0.443 e. The minimum Gasteiger partial charge on any atom is -0.443 e. The number of nitrogens with zero attached hydrogens (tertiary/aromatic N) is 1. The number of hydrogen-bond acceptors (Lipinski definition) is 6. The van der Waals surface area contributed by atoms with E-state index in [0.717, 1.165) is 45.3 Å². The maximum atomic E-state index is 12.7. The number of ether oxygens (including phenoxy) is 3. The Morgan fingerprint density at radius 2 is 2.03 bits per heavy atom. The van der Waals surface area contributed by atoms with Gasteiger partial charge in [0, 0.05) is 12.6 Å². The molecule has 0 aromatic carbocycles. The smallest absolute Gasteiger partial charge is 0.407 e. The van der Waals surface area contributed by atoms with Gasteiger partial charge in [-0.15, -0.1) is 0 Å². The molecule has 1 unspecified atom stereocenters. The Hall–Kier alpha value is -1.15. The molecular formula is C23H36N2O5. The third kappa shape index (κ3) is 3.68. The van der Waals surface area contributed by atoms with E-state index in [0.29, 0.717) is 18.9 Å². The first-order chi connectivity index (χ1) is 14.3. The van der Waals surface area contributed by atoms with Crippen LogP contribution in [0.2, 0.25) is 0 Å². The summed E-state index contributed by atoms with van der Waals surface area (Å²) >= 11 is 0. The van der Waals surface area contributed by atoms with Gasteiger partial charge in [-0.2, -0.15) is 0 Å². The van der Waals surface area contributed by atoms with Crippen LogP contribution >= 0.6 is 0 Å². The molecule has 7 heteroatoms. The summed E-state index contributed by atoms with van der Waals surface area (Å²) in [7, 11) is 0. The van der Waals surface area contributed by atoms with Crippen molar-refractivity contribution in [1.82, 2.24) is 10.2 Å². The van der Waals surface area contributed by atoms with E-state index in [4.69, 9.17) is 14.2 Å². The second-order valence-electron chi connectivity index (χ2n) is 10.5. The fraction of sp³-hybridized carbons (Fsp3) is 0.870. The van der Waals surface area contributed by atoms with Gasteiger partial charge in [0.15, 0.2) is 0 Å². The third-order valence-corrected chi connectivity index (χ3v) is 8.21. The van der Waals surface area contributed by atoms with Crippen molar-refractivity contribution >= 4 is 6.09 Å². The molecule has 1 amide bonds. The Morgan fingerprint density at radius 1 is 1.30 bits per heavy atom. The van der Waals surface area contributed by atoms with E-state index < -0.39 is 23.9 Å². The summed E-state index contributed by atoms with van der Waals surface area (Å²) < 4.78 is 17.7. The van der Waals surface area contributed by atoms with Gasteiger partial charge in [-0.3, -0.25) is 0 Å². The first kappa shape index (κ1) is 20.7. The number of nitrogens with one attached hydrogen (secondary N) is 1. The van der Waals surface area contributed by atoms with E-state index >= 15 is 0 Å². The molecular weight excluding hydrogens is 384 g/mol. The number of hydrogen-bond donors (Lipinski definition) is 2.